The van der Waals surface area contributed by atoms with E-state index in [0.29, 0.717) is 41.5 Å². The largest absolute Gasteiger partial charge is 0.507 e. The number of carbonyl (C=O) groups is 2. The molecule has 1 fully saturated rings. The second-order valence-corrected chi connectivity index (χ2v) is 8.23. The van der Waals surface area contributed by atoms with Gasteiger partial charge in [0, 0.05) is 24.4 Å². The third-order valence-electron chi connectivity index (χ3n) is 6.22. The van der Waals surface area contributed by atoms with Gasteiger partial charge >= 0.3 is 0 Å². The van der Waals surface area contributed by atoms with Crippen molar-refractivity contribution in [3.8, 4) is 11.5 Å². The lowest BCUT2D eigenvalue weighted by molar-refractivity contribution is -0.132. The van der Waals surface area contributed by atoms with E-state index in [1.54, 1.807) is 49.6 Å². The highest BCUT2D eigenvalue weighted by Crippen LogP contribution is 2.43. The number of anilines is 2. The number of rotatable bonds is 4. The van der Waals surface area contributed by atoms with Gasteiger partial charge in [-0.25, -0.2) is 0 Å². The number of ether oxygens (including phenoxy) is 2. The van der Waals surface area contributed by atoms with Crippen molar-refractivity contribution in [1.29, 1.82) is 0 Å². The van der Waals surface area contributed by atoms with Crippen LogP contribution >= 0.6 is 0 Å². The zero-order valence-electron chi connectivity index (χ0n) is 18.9. The molecule has 0 spiro atoms. The van der Waals surface area contributed by atoms with E-state index < -0.39 is 17.7 Å². The summed E-state index contributed by atoms with van der Waals surface area (Å²) >= 11 is 0. The van der Waals surface area contributed by atoms with Crippen molar-refractivity contribution in [2.45, 2.75) is 6.04 Å². The molecule has 2 heterocycles. The Labute approximate surface area is 197 Å². The van der Waals surface area contributed by atoms with Gasteiger partial charge in [0.25, 0.3) is 11.7 Å². The molecule has 0 radical (unpaired) electrons. The van der Waals surface area contributed by atoms with E-state index >= 15 is 0 Å². The van der Waals surface area contributed by atoms with Crippen molar-refractivity contribution in [2.75, 3.05) is 37.1 Å². The zero-order chi connectivity index (χ0) is 23.8. The summed E-state index contributed by atoms with van der Waals surface area (Å²) in [5, 5.41) is 11.4. The Morgan fingerprint density at radius 2 is 1.82 bits per heavy atom. The predicted octanol–water partition coefficient (Wildman–Crippen LogP) is 4.15. The first-order chi connectivity index (χ1) is 16.5. The van der Waals surface area contributed by atoms with Crippen LogP contribution in [0.15, 0.2) is 78.4 Å². The number of benzene rings is 3. The first-order valence-corrected chi connectivity index (χ1v) is 11.0. The van der Waals surface area contributed by atoms with Crippen molar-refractivity contribution in [3.05, 3.63) is 89.5 Å². The Kier molecular flexibility index (Phi) is 5.45. The molecule has 3 aromatic carbocycles. The first-order valence-electron chi connectivity index (χ1n) is 11.0. The fourth-order valence-electron chi connectivity index (χ4n) is 4.46. The number of ketones is 1. The summed E-state index contributed by atoms with van der Waals surface area (Å²) in [5.74, 6) is -0.399. The minimum Gasteiger partial charge on any atom is -0.507 e. The Morgan fingerprint density at radius 1 is 1.03 bits per heavy atom. The van der Waals surface area contributed by atoms with Crippen LogP contribution in [0.2, 0.25) is 0 Å². The smallest absolute Gasteiger partial charge is 0.300 e. The maximum Gasteiger partial charge on any atom is 0.300 e. The van der Waals surface area contributed by atoms with Crippen LogP contribution in [0.5, 0.6) is 11.5 Å². The average molecular weight is 456 g/mol. The van der Waals surface area contributed by atoms with Crippen LogP contribution in [-0.2, 0) is 9.59 Å². The molecule has 5 rings (SSSR count). The summed E-state index contributed by atoms with van der Waals surface area (Å²) in [6, 6.07) is 20.7. The number of nitrogens with zero attached hydrogens (tertiary/aromatic N) is 2. The summed E-state index contributed by atoms with van der Waals surface area (Å²) in [7, 11) is 3.48. The average Bonchev–Trinajstić information content (AvgIpc) is 3.14. The summed E-state index contributed by atoms with van der Waals surface area (Å²) in [4.78, 5) is 30.0. The van der Waals surface area contributed by atoms with Crippen LogP contribution in [0.25, 0.3) is 5.76 Å². The molecule has 172 valence electrons. The summed E-state index contributed by atoms with van der Waals surface area (Å²) in [6.45, 7) is 1.29. The van der Waals surface area contributed by atoms with Crippen LogP contribution in [0, 0.1) is 0 Å². The second-order valence-electron chi connectivity index (χ2n) is 8.23. The molecule has 2 aliphatic heterocycles. The molecular formula is C27H24N2O5. The molecule has 7 nitrogen and oxygen atoms in total. The third kappa shape index (κ3) is 3.55. The number of methoxy groups -OCH3 is 1. The number of carbonyl (C=O) groups excluding carboxylic acids is 2. The van der Waals surface area contributed by atoms with Gasteiger partial charge in [-0.3, -0.25) is 14.5 Å². The fourth-order valence-corrected chi connectivity index (χ4v) is 4.46. The quantitative estimate of drug-likeness (QED) is 0.361. The van der Waals surface area contributed by atoms with Crippen molar-refractivity contribution < 1.29 is 24.2 Å². The summed E-state index contributed by atoms with van der Waals surface area (Å²) in [6.07, 6.45) is 0. The molecule has 0 bridgehead atoms. The van der Waals surface area contributed by atoms with Crippen molar-refractivity contribution in [3.63, 3.8) is 0 Å². The first kappa shape index (κ1) is 21.6. The number of hydrogen-bond acceptors (Lipinski definition) is 6. The second kappa shape index (κ2) is 8.59. The molecule has 2 aliphatic rings. The van der Waals surface area contributed by atoms with Gasteiger partial charge < -0.3 is 19.5 Å². The molecule has 1 saturated heterocycles. The Morgan fingerprint density at radius 3 is 2.59 bits per heavy atom. The number of aliphatic hydroxyl groups is 1. The van der Waals surface area contributed by atoms with E-state index in [2.05, 4.69) is 0 Å². The maximum atomic E-state index is 13.3. The van der Waals surface area contributed by atoms with Gasteiger partial charge in [0.1, 0.15) is 23.9 Å². The van der Waals surface area contributed by atoms with Gasteiger partial charge in [0.2, 0.25) is 0 Å². The molecule has 1 unspecified atom stereocenters. The van der Waals surface area contributed by atoms with Crippen molar-refractivity contribution >= 4 is 28.8 Å². The lowest BCUT2D eigenvalue weighted by atomic mass is 9.95. The van der Waals surface area contributed by atoms with Gasteiger partial charge in [-0.2, -0.15) is 0 Å². The molecule has 1 amide bonds. The number of fused-ring (bicyclic) bond motifs is 1. The number of hydrogen-bond donors (Lipinski definition) is 1. The number of Topliss-reactive ketones (excluding diaryl/α,β-unsaturated/α-hetero) is 1. The lowest BCUT2D eigenvalue weighted by Gasteiger charge is -2.28. The van der Waals surface area contributed by atoms with Crippen LogP contribution < -0.4 is 19.3 Å². The van der Waals surface area contributed by atoms with E-state index in [9.17, 15) is 14.7 Å². The normalized spacial score (nSPS) is 19.1. The highest BCUT2D eigenvalue weighted by Gasteiger charge is 2.47. The van der Waals surface area contributed by atoms with E-state index in [0.717, 1.165) is 5.69 Å². The molecule has 34 heavy (non-hydrogen) atoms. The van der Waals surface area contributed by atoms with E-state index in [1.807, 2.05) is 42.3 Å². The predicted molar refractivity (Wildman–Crippen MR) is 129 cm³/mol. The standard InChI is InChI=1S/C27H24N2O5/c1-28-13-14-34-22-12-11-18(15-21(22)28)25(30)23-24(17-7-4-3-5-8-17)29(27(32)26(23)31)19-9-6-10-20(16-19)33-2/h3-12,15-16,24,30H,13-14H2,1-2H3/b25-23-. The highest BCUT2D eigenvalue weighted by molar-refractivity contribution is 6.51. The maximum absolute atomic E-state index is 13.3. The SMILES string of the molecule is COc1cccc(N2C(=O)C(=O)/C(=C(\O)c3ccc4c(c3)N(C)CCO4)C2c2ccccc2)c1. The molecule has 0 aliphatic carbocycles. The molecule has 0 aromatic heterocycles. The van der Waals surface area contributed by atoms with E-state index in [4.69, 9.17) is 9.47 Å². The van der Waals surface area contributed by atoms with Crippen molar-refractivity contribution in [2.24, 2.45) is 0 Å². The van der Waals surface area contributed by atoms with Crippen LogP contribution in [0.4, 0.5) is 11.4 Å². The van der Waals surface area contributed by atoms with Crippen LogP contribution in [-0.4, -0.2) is 44.1 Å². The lowest BCUT2D eigenvalue weighted by Crippen LogP contribution is -2.29. The number of aliphatic hydroxyl groups excluding tert-OH is 1. The minimum atomic E-state index is -0.793. The molecule has 7 heteroatoms. The number of likely N-dealkylation sites (N-methyl/N-ethyl adjacent to an activating group) is 1. The monoisotopic (exact) mass is 456 g/mol. The van der Waals surface area contributed by atoms with Crippen LogP contribution in [0.1, 0.15) is 17.2 Å². The van der Waals surface area contributed by atoms with Crippen molar-refractivity contribution in [1.82, 2.24) is 0 Å². The van der Waals surface area contributed by atoms with Gasteiger partial charge in [-0.1, -0.05) is 36.4 Å². The Bertz CT molecular complexity index is 1300. The molecular weight excluding hydrogens is 432 g/mol. The highest BCUT2D eigenvalue weighted by atomic mass is 16.5. The molecule has 3 aromatic rings. The molecule has 0 saturated carbocycles. The Hall–Kier alpha value is -4.26. The van der Waals surface area contributed by atoms with Gasteiger partial charge in [-0.15, -0.1) is 0 Å². The van der Waals surface area contributed by atoms with Crippen LogP contribution in [0.3, 0.4) is 0 Å². The zero-order valence-corrected chi connectivity index (χ0v) is 18.9. The number of amides is 1. The van der Waals surface area contributed by atoms with E-state index in [1.165, 1.54) is 4.90 Å². The minimum absolute atomic E-state index is 0.0401. The van der Waals surface area contributed by atoms with Gasteiger partial charge in [-0.05, 0) is 35.9 Å². The third-order valence-corrected chi connectivity index (χ3v) is 6.22. The van der Waals surface area contributed by atoms with Gasteiger partial charge in [0.05, 0.1) is 31.0 Å². The summed E-state index contributed by atoms with van der Waals surface area (Å²) < 4.78 is 11.0. The molecule has 1 N–H and O–H groups in total. The fraction of sp³-hybridized carbons (Fsp3) is 0.185. The Balaban J connectivity index is 1.69. The summed E-state index contributed by atoms with van der Waals surface area (Å²) in [5.41, 5.74) is 2.52. The van der Waals surface area contributed by atoms with E-state index in [-0.39, 0.29) is 11.3 Å². The van der Waals surface area contributed by atoms with Gasteiger partial charge in [0.15, 0.2) is 0 Å². The molecule has 1 atom stereocenters. The topological polar surface area (TPSA) is 79.3 Å².